The van der Waals surface area contributed by atoms with Gasteiger partial charge in [0.15, 0.2) is 5.11 Å². The molecule has 0 aliphatic rings. The summed E-state index contributed by atoms with van der Waals surface area (Å²) in [5.41, 5.74) is 8.67. The van der Waals surface area contributed by atoms with Gasteiger partial charge in [0.25, 0.3) is 0 Å². The number of anilines is 1. The molecular formula is C25H26N4O3S. The summed E-state index contributed by atoms with van der Waals surface area (Å²) >= 11 is 5.07. The quantitative estimate of drug-likeness (QED) is 0.332. The summed E-state index contributed by atoms with van der Waals surface area (Å²) < 4.78 is 0. The van der Waals surface area contributed by atoms with Gasteiger partial charge >= 0.3 is 0 Å². The van der Waals surface area contributed by atoms with Crippen LogP contribution in [0.3, 0.4) is 0 Å². The zero-order valence-electron chi connectivity index (χ0n) is 18.5. The molecule has 0 saturated carbocycles. The van der Waals surface area contributed by atoms with Crippen LogP contribution in [-0.2, 0) is 20.8 Å². The predicted molar refractivity (Wildman–Crippen MR) is 133 cm³/mol. The summed E-state index contributed by atoms with van der Waals surface area (Å²) in [4.78, 5) is 36.4. The van der Waals surface area contributed by atoms with E-state index in [4.69, 9.17) is 12.2 Å². The van der Waals surface area contributed by atoms with Gasteiger partial charge in [0.2, 0.25) is 17.7 Å². The molecule has 3 amide bonds. The molecule has 0 aliphatic carbocycles. The fourth-order valence-electron chi connectivity index (χ4n) is 3.28. The van der Waals surface area contributed by atoms with Gasteiger partial charge in [-0.05, 0) is 65.7 Å². The van der Waals surface area contributed by atoms with Crippen LogP contribution in [-0.4, -0.2) is 22.8 Å². The molecule has 0 aliphatic heterocycles. The van der Waals surface area contributed by atoms with E-state index in [9.17, 15) is 14.4 Å². The monoisotopic (exact) mass is 462 g/mol. The summed E-state index contributed by atoms with van der Waals surface area (Å²) in [7, 11) is 0. The zero-order chi connectivity index (χ0) is 23.8. The molecule has 170 valence electrons. The topological polar surface area (TPSA) is 99.3 Å². The highest BCUT2D eigenvalue weighted by molar-refractivity contribution is 7.80. The van der Waals surface area contributed by atoms with Gasteiger partial charge in [-0.15, -0.1) is 0 Å². The fourth-order valence-corrected chi connectivity index (χ4v) is 3.45. The van der Waals surface area contributed by atoms with Crippen molar-refractivity contribution < 1.29 is 14.4 Å². The van der Waals surface area contributed by atoms with Crippen LogP contribution < -0.4 is 21.5 Å². The number of fused-ring (bicyclic) bond motifs is 1. The first-order valence-corrected chi connectivity index (χ1v) is 10.9. The van der Waals surface area contributed by atoms with Crippen LogP contribution in [0.15, 0.2) is 60.7 Å². The number of rotatable bonds is 6. The Labute approximate surface area is 197 Å². The molecule has 0 radical (unpaired) electrons. The molecule has 3 aromatic rings. The van der Waals surface area contributed by atoms with Crippen molar-refractivity contribution in [3.05, 3.63) is 77.4 Å². The Kier molecular flexibility index (Phi) is 8.10. The van der Waals surface area contributed by atoms with Gasteiger partial charge in [0.05, 0.1) is 6.42 Å². The second kappa shape index (κ2) is 11.2. The summed E-state index contributed by atoms with van der Waals surface area (Å²) in [5, 5.41) is 7.35. The van der Waals surface area contributed by atoms with E-state index in [2.05, 4.69) is 21.5 Å². The van der Waals surface area contributed by atoms with Crippen LogP contribution in [0.4, 0.5) is 5.69 Å². The van der Waals surface area contributed by atoms with Gasteiger partial charge in [-0.3, -0.25) is 25.2 Å². The van der Waals surface area contributed by atoms with Crippen molar-refractivity contribution in [3.8, 4) is 0 Å². The molecule has 8 heteroatoms. The highest BCUT2D eigenvalue weighted by Crippen LogP contribution is 2.19. The van der Waals surface area contributed by atoms with Crippen LogP contribution in [0.25, 0.3) is 10.8 Å². The van der Waals surface area contributed by atoms with E-state index in [0.717, 1.165) is 27.5 Å². The number of aryl methyl sites for hydroxylation is 2. The first-order valence-electron chi connectivity index (χ1n) is 10.5. The number of amides is 3. The average Bonchev–Trinajstić information content (AvgIpc) is 2.79. The molecule has 0 saturated heterocycles. The number of hydrazine groups is 1. The number of thiocarbonyl (C=S) groups is 1. The average molecular weight is 463 g/mol. The molecule has 3 aromatic carbocycles. The first-order chi connectivity index (χ1) is 15.8. The number of carbonyl (C=O) groups is 3. The van der Waals surface area contributed by atoms with Crippen LogP contribution in [0.1, 0.15) is 29.5 Å². The number of hydrogen-bond donors (Lipinski definition) is 4. The second-order valence-electron chi connectivity index (χ2n) is 7.71. The Morgan fingerprint density at radius 1 is 0.788 bits per heavy atom. The number of nitrogens with one attached hydrogen (secondary N) is 4. The predicted octanol–water partition coefficient (Wildman–Crippen LogP) is 3.44. The first kappa shape index (κ1) is 23.9. The molecule has 0 bridgehead atoms. The third-order valence-corrected chi connectivity index (χ3v) is 5.37. The zero-order valence-corrected chi connectivity index (χ0v) is 19.3. The van der Waals surface area contributed by atoms with Crippen LogP contribution in [0.2, 0.25) is 0 Å². The van der Waals surface area contributed by atoms with E-state index >= 15 is 0 Å². The van der Waals surface area contributed by atoms with Crippen molar-refractivity contribution in [2.75, 3.05) is 5.32 Å². The van der Waals surface area contributed by atoms with E-state index in [1.165, 1.54) is 0 Å². The molecule has 3 rings (SSSR count). The van der Waals surface area contributed by atoms with Crippen molar-refractivity contribution in [2.45, 2.75) is 33.1 Å². The van der Waals surface area contributed by atoms with Gasteiger partial charge in [-0.25, -0.2) is 0 Å². The molecule has 4 N–H and O–H groups in total. The van der Waals surface area contributed by atoms with Crippen molar-refractivity contribution in [3.63, 3.8) is 0 Å². The van der Waals surface area contributed by atoms with Gasteiger partial charge in [-0.1, -0.05) is 48.5 Å². The minimum Gasteiger partial charge on any atom is -0.326 e. The largest absolute Gasteiger partial charge is 0.326 e. The Bertz CT molecular complexity index is 1200. The Balaban J connectivity index is 1.39. The van der Waals surface area contributed by atoms with Crippen LogP contribution >= 0.6 is 12.2 Å². The molecular weight excluding hydrogens is 436 g/mol. The normalized spacial score (nSPS) is 10.4. The lowest BCUT2D eigenvalue weighted by Crippen LogP contribution is -2.48. The molecule has 7 nitrogen and oxygen atoms in total. The van der Waals surface area contributed by atoms with E-state index < -0.39 is 5.91 Å². The van der Waals surface area contributed by atoms with Crippen molar-refractivity contribution in [2.24, 2.45) is 0 Å². The standard InChI is InChI=1S/C25H26N4O3S/c1-16-10-11-20(14-17(16)2)26-22(30)12-13-23(31)28-29-25(33)27-24(32)15-19-8-5-7-18-6-3-4-9-21(18)19/h3-11,14H,12-13,15H2,1-2H3,(H,26,30)(H,28,31)(H2,27,29,32,33). The molecule has 33 heavy (non-hydrogen) atoms. The third-order valence-electron chi connectivity index (χ3n) is 5.17. The second-order valence-corrected chi connectivity index (χ2v) is 8.12. The smallest absolute Gasteiger partial charge is 0.238 e. The Hall–Kier alpha value is -3.78. The van der Waals surface area contributed by atoms with Gasteiger partial charge in [0, 0.05) is 18.5 Å². The summed E-state index contributed by atoms with van der Waals surface area (Å²) in [6, 6.07) is 19.2. The molecule has 0 heterocycles. The number of benzene rings is 3. The number of hydrogen-bond acceptors (Lipinski definition) is 4. The van der Waals surface area contributed by atoms with Crippen LogP contribution in [0.5, 0.6) is 0 Å². The maximum absolute atomic E-state index is 12.3. The van der Waals surface area contributed by atoms with Crippen molar-refractivity contribution in [1.29, 1.82) is 0 Å². The Morgan fingerprint density at radius 3 is 2.30 bits per heavy atom. The minimum absolute atomic E-state index is 0.0145. The minimum atomic E-state index is -0.420. The van der Waals surface area contributed by atoms with Gasteiger partial charge < -0.3 is 10.6 Å². The van der Waals surface area contributed by atoms with E-state index in [0.29, 0.717) is 5.69 Å². The molecule has 0 aromatic heterocycles. The summed E-state index contributed by atoms with van der Waals surface area (Å²) in [6.07, 6.45) is 0.132. The van der Waals surface area contributed by atoms with Gasteiger partial charge in [-0.2, -0.15) is 0 Å². The van der Waals surface area contributed by atoms with Crippen molar-refractivity contribution >= 4 is 51.5 Å². The van der Waals surface area contributed by atoms with Gasteiger partial charge in [0.1, 0.15) is 0 Å². The lowest BCUT2D eigenvalue weighted by Gasteiger charge is -2.12. The SMILES string of the molecule is Cc1ccc(NC(=O)CCC(=O)NNC(=S)NC(=O)Cc2cccc3ccccc23)cc1C. The molecule has 0 spiro atoms. The van der Waals surface area contributed by atoms with E-state index in [1.54, 1.807) is 0 Å². The maximum Gasteiger partial charge on any atom is 0.238 e. The van der Waals surface area contributed by atoms with E-state index in [1.807, 2.05) is 74.5 Å². The van der Waals surface area contributed by atoms with Crippen LogP contribution in [0, 0.1) is 13.8 Å². The highest BCUT2D eigenvalue weighted by atomic mass is 32.1. The molecule has 0 atom stereocenters. The fraction of sp³-hybridized carbons (Fsp3) is 0.200. The maximum atomic E-state index is 12.3. The third kappa shape index (κ3) is 7.11. The Morgan fingerprint density at radius 2 is 1.52 bits per heavy atom. The lowest BCUT2D eigenvalue weighted by molar-refractivity contribution is -0.124. The highest BCUT2D eigenvalue weighted by Gasteiger charge is 2.11. The van der Waals surface area contributed by atoms with E-state index in [-0.39, 0.29) is 36.2 Å². The lowest BCUT2D eigenvalue weighted by atomic mass is 10.0. The van der Waals surface area contributed by atoms with Crippen molar-refractivity contribution in [1.82, 2.24) is 16.2 Å². The molecule has 0 fully saturated rings. The molecule has 0 unspecified atom stereocenters. The number of carbonyl (C=O) groups excluding carboxylic acids is 3. The summed E-state index contributed by atoms with van der Waals surface area (Å²) in [6.45, 7) is 3.96. The summed E-state index contributed by atoms with van der Waals surface area (Å²) in [5.74, 6) is -0.985.